The van der Waals surface area contributed by atoms with E-state index in [9.17, 15) is 9.50 Å². The summed E-state index contributed by atoms with van der Waals surface area (Å²) in [4.78, 5) is 10.7. The molecule has 7 nitrogen and oxygen atoms in total. The Morgan fingerprint density at radius 2 is 1.94 bits per heavy atom. The van der Waals surface area contributed by atoms with E-state index in [1.807, 2.05) is 18.9 Å². The summed E-state index contributed by atoms with van der Waals surface area (Å²) in [7, 11) is 3.57. The van der Waals surface area contributed by atoms with Crippen LogP contribution < -0.4 is 10.2 Å². The number of aryl methyl sites for hydroxylation is 1. The highest BCUT2D eigenvalue weighted by Gasteiger charge is 2.56. The molecule has 3 aromatic rings. The Hall–Kier alpha value is -3.07. The van der Waals surface area contributed by atoms with Crippen molar-refractivity contribution >= 4 is 5.82 Å². The molecule has 2 aliphatic heterocycles. The predicted octanol–water partition coefficient (Wildman–Crippen LogP) is 3.84. The molecule has 5 rings (SSSR count). The van der Waals surface area contributed by atoms with Crippen molar-refractivity contribution in [1.82, 2.24) is 25.1 Å². The number of benzene rings is 1. The van der Waals surface area contributed by atoms with Gasteiger partial charge in [0.1, 0.15) is 23.6 Å². The van der Waals surface area contributed by atoms with E-state index < -0.39 is 17.5 Å². The van der Waals surface area contributed by atoms with Crippen molar-refractivity contribution in [1.29, 1.82) is 0 Å². The summed E-state index contributed by atoms with van der Waals surface area (Å²) in [5, 5.41) is 18.1. The number of nitrogens with zero attached hydrogens (tertiary/aromatic N) is 5. The minimum atomic E-state index is -1.04. The van der Waals surface area contributed by atoms with Crippen LogP contribution in [0.5, 0.6) is 5.75 Å². The average Bonchev–Trinajstić information content (AvgIpc) is 3.33. The first-order valence-electron chi connectivity index (χ1n) is 11.1. The summed E-state index contributed by atoms with van der Waals surface area (Å²) < 4.78 is 31.8. The Balaban J connectivity index is 1.40. The van der Waals surface area contributed by atoms with Crippen LogP contribution in [-0.4, -0.2) is 55.2 Å². The molecule has 0 amide bonds. The second-order valence-electron chi connectivity index (χ2n) is 9.90. The van der Waals surface area contributed by atoms with Gasteiger partial charge < -0.3 is 15.3 Å². The van der Waals surface area contributed by atoms with Crippen molar-refractivity contribution in [2.75, 3.05) is 11.9 Å². The molecule has 0 saturated carbocycles. The quantitative estimate of drug-likeness (QED) is 0.624. The smallest absolute Gasteiger partial charge is 0.147 e. The number of rotatable bonds is 4. The van der Waals surface area contributed by atoms with E-state index >= 15 is 4.39 Å². The Labute approximate surface area is 191 Å². The van der Waals surface area contributed by atoms with E-state index in [1.165, 1.54) is 24.5 Å². The number of aromatic nitrogens is 4. The van der Waals surface area contributed by atoms with Crippen molar-refractivity contribution in [2.24, 2.45) is 7.05 Å². The Kier molecular flexibility index (Phi) is 4.93. The second kappa shape index (κ2) is 7.48. The molecule has 174 valence electrons. The van der Waals surface area contributed by atoms with E-state index in [1.54, 1.807) is 24.1 Å². The molecule has 33 heavy (non-hydrogen) atoms. The molecular weight excluding hydrogens is 426 g/mol. The molecule has 9 heteroatoms. The maximum atomic E-state index is 15.4. The standard InChI is InChI=1S/C24H28F2N6O/c1-23-5-6-24(2,30-23)22(26)19(9-23)32(4)21-12-27-18(11-28-21)16-7-17(25)15(8-20(16)33)14-10-29-31(3)13-14/h7-8,10-13,19,22,30,33H,5-6,9H2,1-4H3/t19-,22-,23-,24+/m1/s1. The molecule has 2 bridgehead atoms. The fraction of sp³-hybridized carbons (Fsp3) is 0.458. The van der Waals surface area contributed by atoms with Gasteiger partial charge >= 0.3 is 0 Å². The first-order valence-corrected chi connectivity index (χ1v) is 11.1. The first-order chi connectivity index (χ1) is 15.6. The van der Waals surface area contributed by atoms with Crippen molar-refractivity contribution in [3.8, 4) is 28.1 Å². The van der Waals surface area contributed by atoms with Crippen LogP contribution in [0.2, 0.25) is 0 Å². The van der Waals surface area contributed by atoms with Crippen LogP contribution in [0.4, 0.5) is 14.6 Å². The zero-order chi connectivity index (χ0) is 23.5. The van der Waals surface area contributed by atoms with Gasteiger partial charge in [0.15, 0.2) is 0 Å². The third kappa shape index (κ3) is 3.64. The number of phenols is 1. The number of phenolic OH excluding ortho intramolecular Hbond substituents is 1. The van der Waals surface area contributed by atoms with Crippen molar-refractivity contribution in [2.45, 2.75) is 56.4 Å². The summed E-state index contributed by atoms with van der Waals surface area (Å²) in [6.07, 6.45) is 7.61. The number of nitrogens with one attached hydrogen (secondary N) is 1. The Morgan fingerprint density at radius 3 is 2.61 bits per heavy atom. The first kappa shape index (κ1) is 21.8. The molecule has 2 N–H and O–H groups in total. The van der Waals surface area contributed by atoms with Crippen LogP contribution >= 0.6 is 0 Å². The van der Waals surface area contributed by atoms with E-state index in [2.05, 4.69) is 27.3 Å². The van der Waals surface area contributed by atoms with E-state index in [0.717, 1.165) is 12.8 Å². The third-order valence-corrected chi connectivity index (χ3v) is 7.26. The molecule has 2 fully saturated rings. The van der Waals surface area contributed by atoms with Gasteiger partial charge in [-0.2, -0.15) is 5.10 Å². The summed E-state index contributed by atoms with van der Waals surface area (Å²) in [5.74, 6) is -0.0668. The van der Waals surface area contributed by atoms with Crippen LogP contribution in [0.15, 0.2) is 36.9 Å². The van der Waals surface area contributed by atoms with Crippen molar-refractivity contribution in [3.63, 3.8) is 0 Å². The Morgan fingerprint density at radius 1 is 1.15 bits per heavy atom. The van der Waals surface area contributed by atoms with Gasteiger partial charge in [-0.05, 0) is 45.2 Å². The number of hydrogen-bond acceptors (Lipinski definition) is 6. The number of anilines is 1. The predicted molar refractivity (Wildman–Crippen MR) is 122 cm³/mol. The molecule has 1 aromatic carbocycles. The Bertz CT molecular complexity index is 1200. The highest BCUT2D eigenvalue weighted by molar-refractivity contribution is 5.74. The molecule has 4 atom stereocenters. The average molecular weight is 455 g/mol. The van der Waals surface area contributed by atoms with Gasteiger partial charge in [0.2, 0.25) is 0 Å². The van der Waals surface area contributed by atoms with Crippen LogP contribution in [0.1, 0.15) is 33.1 Å². The lowest BCUT2D eigenvalue weighted by Gasteiger charge is -2.47. The minimum absolute atomic E-state index is 0.0943. The molecule has 2 aromatic heterocycles. The lowest BCUT2D eigenvalue weighted by atomic mass is 9.82. The van der Waals surface area contributed by atoms with Gasteiger partial charge in [0.05, 0.1) is 30.3 Å². The fourth-order valence-corrected chi connectivity index (χ4v) is 5.39. The molecule has 0 radical (unpaired) electrons. The van der Waals surface area contributed by atoms with Gasteiger partial charge in [0, 0.05) is 48.1 Å². The fourth-order valence-electron chi connectivity index (χ4n) is 5.39. The lowest BCUT2D eigenvalue weighted by molar-refractivity contribution is 0.0859. The third-order valence-electron chi connectivity index (χ3n) is 7.26. The van der Waals surface area contributed by atoms with Gasteiger partial charge in [-0.1, -0.05) is 0 Å². The zero-order valence-electron chi connectivity index (χ0n) is 19.2. The second-order valence-corrected chi connectivity index (χ2v) is 9.90. The topological polar surface area (TPSA) is 79.1 Å². The molecule has 0 unspecified atom stereocenters. The van der Waals surface area contributed by atoms with Gasteiger partial charge in [-0.25, -0.2) is 13.8 Å². The van der Waals surface area contributed by atoms with Crippen LogP contribution in [0.3, 0.4) is 0 Å². The maximum Gasteiger partial charge on any atom is 0.147 e. The molecular formula is C24H28F2N6O. The number of halogens is 2. The lowest BCUT2D eigenvalue weighted by Crippen LogP contribution is -2.65. The molecule has 2 aliphatic rings. The number of aromatic hydroxyl groups is 1. The number of alkyl halides is 1. The van der Waals surface area contributed by atoms with Crippen LogP contribution in [0.25, 0.3) is 22.4 Å². The number of hydrogen-bond donors (Lipinski definition) is 2. The molecule has 0 aliphatic carbocycles. The number of fused-ring (bicyclic) bond motifs is 2. The molecule has 2 saturated heterocycles. The van der Waals surface area contributed by atoms with Crippen molar-refractivity contribution in [3.05, 3.63) is 42.7 Å². The highest BCUT2D eigenvalue weighted by atomic mass is 19.1. The summed E-state index contributed by atoms with van der Waals surface area (Å²) in [6.45, 7) is 4.09. The SMILES string of the molecule is CN(c1cnc(-c2cc(F)c(-c3cnn(C)c3)cc2O)cn1)[C@@H]1C[C@@]2(C)CC[C@](C)(N2)[C@@H]1F. The normalized spacial score (nSPS) is 28.8. The molecule has 4 heterocycles. The zero-order valence-corrected chi connectivity index (χ0v) is 19.2. The summed E-state index contributed by atoms with van der Waals surface area (Å²) in [6, 6.07) is 2.28. The summed E-state index contributed by atoms with van der Waals surface area (Å²) >= 11 is 0. The van der Waals surface area contributed by atoms with Gasteiger partial charge in [-0.3, -0.25) is 9.67 Å². The number of piperidine rings is 1. The van der Waals surface area contributed by atoms with E-state index in [-0.39, 0.29) is 28.5 Å². The van der Waals surface area contributed by atoms with Crippen LogP contribution in [0, 0.1) is 5.82 Å². The summed E-state index contributed by atoms with van der Waals surface area (Å²) in [5.41, 5.74) is 0.762. The van der Waals surface area contributed by atoms with E-state index in [0.29, 0.717) is 23.5 Å². The van der Waals surface area contributed by atoms with Crippen molar-refractivity contribution < 1.29 is 13.9 Å². The highest BCUT2D eigenvalue weighted by Crippen LogP contribution is 2.45. The minimum Gasteiger partial charge on any atom is -0.507 e. The van der Waals surface area contributed by atoms with E-state index in [4.69, 9.17) is 0 Å². The maximum absolute atomic E-state index is 15.4. The van der Waals surface area contributed by atoms with Gasteiger partial charge in [-0.15, -0.1) is 0 Å². The monoisotopic (exact) mass is 454 g/mol. The van der Waals surface area contributed by atoms with Gasteiger partial charge in [0.25, 0.3) is 0 Å². The van der Waals surface area contributed by atoms with Crippen LogP contribution in [-0.2, 0) is 7.05 Å². The largest absolute Gasteiger partial charge is 0.507 e. The molecule has 0 spiro atoms.